The second kappa shape index (κ2) is 10.4. The van der Waals surface area contributed by atoms with Gasteiger partial charge in [0, 0.05) is 23.8 Å². The molecule has 2 aromatic carbocycles. The van der Waals surface area contributed by atoms with Crippen LogP contribution in [0.2, 0.25) is 5.02 Å². The quantitative estimate of drug-likeness (QED) is 0.584. The molecule has 0 aromatic heterocycles. The normalized spacial score (nSPS) is 11.2. The van der Waals surface area contributed by atoms with Crippen molar-refractivity contribution in [1.29, 1.82) is 0 Å². The third-order valence-corrected chi connectivity index (χ3v) is 6.51. The van der Waals surface area contributed by atoms with Gasteiger partial charge >= 0.3 is 5.97 Å². The van der Waals surface area contributed by atoms with Crippen LogP contribution in [-0.2, 0) is 19.6 Å². The number of methoxy groups -OCH3 is 1. The number of nitrogens with one attached hydrogen (secondary N) is 1. The van der Waals surface area contributed by atoms with Crippen molar-refractivity contribution in [3.63, 3.8) is 0 Å². The highest BCUT2D eigenvalue weighted by Gasteiger charge is 2.27. The summed E-state index contributed by atoms with van der Waals surface area (Å²) in [5, 5.41) is 3.09. The lowest BCUT2D eigenvalue weighted by Gasteiger charge is -2.20. The zero-order valence-electron chi connectivity index (χ0n) is 16.8. The second-order valence-electron chi connectivity index (χ2n) is 6.09. The van der Waals surface area contributed by atoms with Gasteiger partial charge in [0.25, 0.3) is 5.91 Å². The monoisotopic (exact) mass is 454 g/mol. The molecule has 0 unspecified atom stereocenters. The van der Waals surface area contributed by atoms with Crippen molar-refractivity contribution in [3.05, 3.63) is 53.1 Å². The predicted molar refractivity (Wildman–Crippen MR) is 113 cm³/mol. The molecule has 0 saturated carbocycles. The Labute approximate surface area is 180 Å². The van der Waals surface area contributed by atoms with Gasteiger partial charge in [-0.1, -0.05) is 25.4 Å². The summed E-state index contributed by atoms with van der Waals surface area (Å²) in [6, 6.07) is 10.4. The van der Waals surface area contributed by atoms with E-state index in [4.69, 9.17) is 21.1 Å². The van der Waals surface area contributed by atoms with E-state index in [2.05, 4.69) is 5.32 Å². The van der Waals surface area contributed by atoms with Gasteiger partial charge in [0.15, 0.2) is 6.61 Å². The zero-order chi connectivity index (χ0) is 22.3. The van der Waals surface area contributed by atoms with Crippen LogP contribution in [0.5, 0.6) is 5.75 Å². The van der Waals surface area contributed by atoms with Gasteiger partial charge in [-0.05, 0) is 42.5 Å². The summed E-state index contributed by atoms with van der Waals surface area (Å²) >= 11 is 5.79. The Balaban J connectivity index is 2.14. The summed E-state index contributed by atoms with van der Waals surface area (Å²) in [5.74, 6) is -1.27. The molecule has 0 aliphatic rings. The van der Waals surface area contributed by atoms with Crippen LogP contribution in [0.3, 0.4) is 0 Å². The molecule has 0 heterocycles. The van der Waals surface area contributed by atoms with E-state index < -0.39 is 28.5 Å². The molecule has 0 aliphatic heterocycles. The molecule has 0 radical (unpaired) electrons. The van der Waals surface area contributed by atoms with Gasteiger partial charge in [-0.2, -0.15) is 4.31 Å². The smallest absolute Gasteiger partial charge is 0.338 e. The van der Waals surface area contributed by atoms with Crippen LogP contribution in [0.15, 0.2) is 47.4 Å². The first-order valence-corrected chi connectivity index (χ1v) is 11.0. The average Bonchev–Trinajstić information content (AvgIpc) is 2.73. The molecular weight excluding hydrogens is 432 g/mol. The van der Waals surface area contributed by atoms with Crippen LogP contribution in [0.25, 0.3) is 0 Å². The number of anilines is 1. The van der Waals surface area contributed by atoms with E-state index in [-0.39, 0.29) is 29.3 Å². The van der Waals surface area contributed by atoms with E-state index in [1.165, 1.54) is 29.6 Å². The molecule has 0 aliphatic carbocycles. The van der Waals surface area contributed by atoms with Gasteiger partial charge in [0.1, 0.15) is 10.6 Å². The molecular formula is C20H23ClN2O6S. The summed E-state index contributed by atoms with van der Waals surface area (Å²) < 4.78 is 37.1. The number of halogens is 1. The summed E-state index contributed by atoms with van der Waals surface area (Å²) in [6.07, 6.45) is 0. The average molecular weight is 455 g/mol. The van der Waals surface area contributed by atoms with Gasteiger partial charge in [-0.3, -0.25) is 4.79 Å². The maximum Gasteiger partial charge on any atom is 0.338 e. The number of benzene rings is 2. The summed E-state index contributed by atoms with van der Waals surface area (Å²) in [6.45, 7) is 3.42. The molecule has 8 nitrogen and oxygen atoms in total. The number of sulfonamides is 1. The molecule has 162 valence electrons. The minimum Gasteiger partial charge on any atom is -0.495 e. The Morgan fingerprint density at radius 1 is 1.07 bits per heavy atom. The number of rotatable bonds is 9. The molecule has 1 amide bonds. The molecule has 1 N–H and O–H groups in total. The van der Waals surface area contributed by atoms with Crippen LogP contribution >= 0.6 is 11.6 Å². The molecule has 2 rings (SSSR count). The molecule has 0 spiro atoms. The zero-order valence-corrected chi connectivity index (χ0v) is 18.4. The van der Waals surface area contributed by atoms with E-state index >= 15 is 0 Å². The predicted octanol–water partition coefficient (Wildman–Crippen LogP) is 3.17. The van der Waals surface area contributed by atoms with E-state index in [1.54, 1.807) is 38.1 Å². The Morgan fingerprint density at radius 2 is 1.70 bits per heavy atom. The first-order valence-electron chi connectivity index (χ1n) is 9.13. The van der Waals surface area contributed by atoms with Crippen molar-refractivity contribution in [1.82, 2.24) is 4.31 Å². The Morgan fingerprint density at radius 3 is 2.27 bits per heavy atom. The number of esters is 1. The lowest BCUT2D eigenvalue weighted by Crippen LogP contribution is -2.31. The number of hydrogen-bond acceptors (Lipinski definition) is 6. The summed E-state index contributed by atoms with van der Waals surface area (Å²) in [5.41, 5.74) is 0.485. The van der Waals surface area contributed by atoms with Crippen LogP contribution in [0.4, 0.5) is 5.69 Å². The molecule has 0 saturated heterocycles. The molecule has 0 atom stereocenters. The second-order valence-corrected chi connectivity index (χ2v) is 8.43. The fourth-order valence-corrected chi connectivity index (χ4v) is 4.42. The van der Waals surface area contributed by atoms with E-state index in [0.29, 0.717) is 10.7 Å². The maximum atomic E-state index is 12.9. The summed E-state index contributed by atoms with van der Waals surface area (Å²) in [7, 11) is -2.52. The number of carbonyl (C=O) groups excluding carboxylic acids is 2. The lowest BCUT2D eigenvalue weighted by atomic mass is 10.2. The first kappa shape index (κ1) is 23.7. The Kier molecular flexibility index (Phi) is 8.22. The number of nitrogens with zero attached hydrogens (tertiary/aromatic N) is 1. The fourth-order valence-electron chi connectivity index (χ4n) is 2.65. The van der Waals surface area contributed by atoms with E-state index in [0.717, 1.165) is 0 Å². The van der Waals surface area contributed by atoms with Gasteiger partial charge in [-0.25, -0.2) is 13.2 Å². The number of hydrogen-bond donors (Lipinski definition) is 1. The molecule has 10 heteroatoms. The molecule has 30 heavy (non-hydrogen) atoms. The highest BCUT2D eigenvalue weighted by atomic mass is 35.5. The van der Waals surface area contributed by atoms with E-state index in [1.807, 2.05) is 0 Å². The van der Waals surface area contributed by atoms with Crippen molar-refractivity contribution in [2.45, 2.75) is 18.7 Å². The van der Waals surface area contributed by atoms with Crippen molar-refractivity contribution >= 4 is 39.2 Å². The number of amides is 1. The van der Waals surface area contributed by atoms with Crippen molar-refractivity contribution in [3.8, 4) is 5.75 Å². The maximum absolute atomic E-state index is 12.9. The standard InChI is InChI=1S/C20H23ClN2O6S/c1-4-23(5-2)30(26,27)18-12-14(6-11-17(18)28-3)20(25)29-13-19(24)22-16-9-7-15(21)8-10-16/h6-12H,4-5,13H2,1-3H3,(H,22,24). The number of ether oxygens (including phenoxy) is 2. The molecule has 0 fully saturated rings. The van der Waals surface area contributed by atoms with Crippen molar-refractivity contribution < 1.29 is 27.5 Å². The van der Waals surface area contributed by atoms with Crippen LogP contribution < -0.4 is 10.1 Å². The fraction of sp³-hybridized carbons (Fsp3) is 0.300. The van der Waals surface area contributed by atoms with Crippen molar-refractivity contribution in [2.24, 2.45) is 0 Å². The highest BCUT2D eigenvalue weighted by molar-refractivity contribution is 7.89. The van der Waals surface area contributed by atoms with Crippen LogP contribution in [-0.4, -0.2) is 51.4 Å². The topological polar surface area (TPSA) is 102 Å². The molecule has 2 aromatic rings. The summed E-state index contributed by atoms with van der Waals surface area (Å²) in [4.78, 5) is 24.2. The third-order valence-electron chi connectivity index (χ3n) is 4.18. The van der Waals surface area contributed by atoms with Gasteiger partial charge in [0.2, 0.25) is 10.0 Å². The van der Waals surface area contributed by atoms with E-state index in [9.17, 15) is 18.0 Å². The number of carbonyl (C=O) groups is 2. The van der Waals surface area contributed by atoms with Crippen LogP contribution in [0, 0.1) is 0 Å². The Hall–Kier alpha value is -2.62. The minimum atomic E-state index is -3.86. The lowest BCUT2D eigenvalue weighted by molar-refractivity contribution is -0.119. The van der Waals surface area contributed by atoms with Crippen LogP contribution in [0.1, 0.15) is 24.2 Å². The Bertz CT molecular complexity index is 1000. The van der Waals surface area contributed by atoms with Crippen molar-refractivity contribution in [2.75, 3.05) is 32.1 Å². The SMILES string of the molecule is CCN(CC)S(=O)(=O)c1cc(C(=O)OCC(=O)Nc2ccc(Cl)cc2)ccc1OC. The van der Waals surface area contributed by atoms with Gasteiger partial charge in [-0.15, -0.1) is 0 Å². The molecule has 0 bridgehead atoms. The van der Waals surface area contributed by atoms with Gasteiger partial charge < -0.3 is 14.8 Å². The third kappa shape index (κ3) is 5.71. The van der Waals surface area contributed by atoms with Gasteiger partial charge in [0.05, 0.1) is 12.7 Å². The first-order chi connectivity index (χ1) is 14.2. The minimum absolute atomic E-state index is 0.0131. The largest absolute Gasteiger partial charge is 0.495 e. The highest BCUT2D eigenvalue weighted by Crippen LogP contribution is 2.28.